The first-order valence-corrected chi connectivity index (χ1v) is 5.50. The molecule has 2 heteroatoms. The summed E-state index contributed by atoms with van der Waals surface area (Å²) >= 11 is 0. The first-order chi connectivity index (χ1) is 7.04. The monoisotopic (exact) mass is 207 g/mol. The summed E-state index contributed by atoms with van der Waals surface area (Å²) in [5.74, 6) is 0.269. The highest BCUT2D eigenvalue weighted by Gasteiger charge is 2.14. The summed E-state index contributed by atoms with van der Waals surface area (Å²) in [6.07, 6.45) is 0.444. The van der Waals surface area contributed by atoms with Crippen molar-refractivity contribution in [3.63, 3.8) is 0 Å². The van der Waals surface area contributed by atoms with Crippen molar-refractivity contribution in [2.45, 2.75) is 39.2 Å². The Morgan fingerprint density at radius 2 is 2.00 bits per heavy atom. The standard InChI is InChI=1S/C13H21NO/c1-9-4-5-13(10(2)6-9)12(8-14)7-11(3)15/h4-6,11-12,15H,7-8,14H2,1-3H3. The molecule has 0 spiro atoms. The van der Waals surface area contributed by atoms with Gasteiger partial charge >= 0.3 is 0 Å². The van der Waals surface area contributed by atoms with Crippen LogP contribution in [0.5, 0.6) is 0 Å². The third-order valence-corrected chi connectivity index (χ3v) is 2.78. The number of rotatable bonds is 4. The Morgan fingerprint density at radius 3 is 2.47 bits per heavy atom. The van der Waals surface area contributed by atoms with E-state index in [1.807, 2.05) is 6.92 Å². The maximum atomic E-state index is 9.41. The lowest BCUT2D eigenvalue weighted by atomic mass is 9.89. The molecule has 0 aliphatic carbocycles. The Hall–Kier alpha value is -0.860. The van der Waals surface area contributed by atoms with Crippen LogP contribution in [0.25, 0.3) is 0 Å². The molecular weight excluding hydrogens is 186 g/mol. The van der Waals surface area contributed by atoms with Gasteiger partial charge in [0.25, 0.3) is 0 Å². The third-order valence-electron chi connectivity index (χ3n) is 2.78. The molecule has 84 valence electrons. The summed E-state index contributed by atoms with van der Waals surface area (Å²) in [7, 11) is 0. The topological polar surface area (TPSA) is 46.2 Å². The molecule has 0 aliphatic heterocycles. The molecule has 0 bridgehead atoms. The number of hydrogen-bond donors (Lipinski definition) is 2. The summed E-state index contributed by atoms with van der Waals surface area (Å²) < 4.78 is 0. The van der Waals surface area contributed by atoms with Gasteiger partial charge in [-0.3, -0.25) is 0 Å². The van der Waals surface area contributed by atoms with Gasteiger partial charge in [0.05, 0.1) is 6.10 Å². The van der Waals surface area contributed by atoms with Crippen LogP contribution in [0.2, 0.25) is 0 Å². The molecule has 2 atom stereocenters. The smallest absolute Gasteiger partial charge is 0.0518 e. The van der Waals surface area contributed by atoms with Gasteiger partial charge in [0.1, 0.15) is 0 Å². The Bertz CT molecular complexity index is 320. The zero-order valence-corrected chi connectivity index (χ0v) is 9.83. The lowest BCUT2D eigenvalue weighted by Crippen LogP contribution is -2.18. The van der Waals surface area contributed by atoms with Crippen LogP contribution in [0, 0.1) is 13.8 Å². The number of hydrogen-bond acceptors (Lipinski definition) is 2. The molecule has 15 heavy (non-hydrogen) atoms. The summed E-state index contributed by atoms with van der Waals surface area (Å²) in [6.45, 7) is 6.59. The van der Waals surface area contributed by atoms with Crippen molar-refractivity contribution in [2.75, 3.05) is 6.54 Å². The fourth-order valence-corrected chi connectivity index (χ4v) is 2.05. The van der Waals surface area contributed by atoms with Crippen LogP contribution in [0.4, 0.5) is 0 Å². The van der Waals surface area contributed by atoms with E-state index in [-0.39, 0.29) is 12.0 Å². The quantitative estimate of drug-likeness (QED) is 0.794. The van der Waals surface area contributed by atoms with E-state index in [0.717, 1.165) is 6.42 Å². The van der Waals surface area contributed by atoms with Crippen molar-refractivity contribution in [3.8, 4) is 0 Å². The highest BCUT2D eigenvalue weighted by molar-refractivity contribution is 5.33. The van der Waals surface area contributed by atoms with E-state index in [1.165, 1.54) is 16.7 Å². The summed E-state index contributed by atoms with van der Waals surface area (Å²) in [6, 6.07) is 6.40. The molecule has 3 N–H and O–H groups in total. The van der Waals surface area contributed by atoms with Gasteiger partial charge in [-0.05, 0) is 50.8 Å². The first kappa shape index (κ1) is 12.2. The van der Waals surface area contributed by atoms with Gasteiger partial charge in [-0.1, -0.05) is 23.8 Å². The molecule has 0 aromatic heterocycles. The molecular formula is C13H21NO. The number of benzene rings is 1. The van der Waals surface area contributed by atoms with Crippen LogP contribution in [-0.2, 0) is 0 Å². The van der Waals surface area contributed by atoms with Crippen molar-refractivity contribution in [3.05, 3.63) is 34.9 Å². The summed E-state index contributed by atoms with van der Waals surface area (Å²) in [5.41, 5.74) is 9.55. The maximum absolute atomic E-state index is 9.41. The van der Waals surface area contributed by atoms with E-state index in [2.05, 4.69) is 32.0 Å². The summed E-state index contributed by atoms with van der Waals surface area (Å²) in [5, 5.41) is 9.41. The predicted octanol–water partition coefficient (Wildman–Crippen LogP) is 2.12. The van der Waals surface area contributed by atoms with Gasteiger partial charge in [0.15, 0.2) is 0 Å². The average Bonchev–Trinajstić information content (AvgIpc) is 2.14. The second kappa shape index (κ2) is 5.29. The number of aryl methyl sites for hydroxylation is 2. The maximum Gasteiger partial charge on any atom is 0.0518 e. The predicted molar refractivity (Wildman–Crippen MR) is 64.0 cm³/mol. The zero-order chi connectivity index (χ0) is 11.4. The van der Waals surface area contributed by atoms with Crippen molar-refractivity contribution in [1.29, 1.82) is 0 Å². The molecule has 1 aromatic rings. The lowest BCUT2D eigenvalue weighted by Gasteiger charge is -2.19. The van der Waals surface area contributed by atoms with Gasteiger partial charge in [-0.2, -0.15) is 0 Å². The van der Waals surface area contributed by atoms with Gasteiger partial charge in [-0.15, -0.1) is 0 Å². The van der Waals surface area contributed by atoms with Gasteiger partial charge in [0, 0.05) is 0 Å². The second-order valence-corrected chi connectivity index (χ2v) is 4.38. The van der Waals surface area contributed by atoms with Crippen LogP contribution in [0.15, 0.2) is 18.2 Å². The van der Waals surface area contributed by atoms with E-state index >= 15 is 0 Å². The number of nitrogens with two attached hydrogens (primary N) is 1. The molecule has 0 heterocycles. The van der Waals surface area contributed by atoms with Crippen LogP contribution in [-0.4, -0.2) is 17.8 Å². The Kier molecular flexibility index (Phi) is 4.30. The van der Waals surface area contributed by atoms with Gasteiger partial charge < -0.3 is 10.8 Å². The van der Waals surface area contributed by atoms with E-state index in [1.54, 1.807) is 0 Å². The minimum absolute atomic E-state index is 0.269. The van der Waals surface area contributed by atoms with E-state index < -0.39 is 0 Å². The normalized spacial score (nSPS) is 15.0. The van der Waals surface area contributed by atoms with E-state index in [4.69, 9.17) is 5.73 Å². The van der Waals surface area contributed by atoms with Crippen LogP contribution in [0.3, 0.4) is 0 Å². The van der Waals surface area contributed by atoms with Crippen LogP contribution < -0.4 is 5.73 Å². The Labute approximate surface area is 92.1 Å². The van der Waals surface area contributed by atoms with E-state index in [0.29, 0.717) is 6.54 Å². The lowest BCUT2D eigenvalue weighted by molar-refractivity contribution is 0.175. The first-order valence-electron chi connectivity index (χ1n) is 5.50. The van der Waals surface area contributed by atoms with E-state index in [9.17, 15) is 5.11 Å². The molecule has 0 amide bonds. The summed E-state index contributed by atoms with van der Waals surface area (Å²) in [4.78, 5) is 0. The molecule has 0 saturated carbocycles. The Morgan fingerprint density at radius 1 is 1.33 bits per heavy atom. The molecule has 2 nitrogen and oxygen atoms in total. The van der Waals surface area contributed by atoms with Gasteiger partial charge in [0.2, 0.25) is 0 Å². The average molecular weight is 207 g/mol. The highest BCUT2D eigenvalue weighted by Crippen LogP contribution is 2.24. The third kappa shape index (κ3) is 3.33. The molecule has 2 unspecified atom stereocenters. The molecule has 1 rings (SSSR count). The molecule has 0 fully saturated rings. The largest absolute Gasteiger partial charge is 0.393 e. The molecule has 0 saturated heterocycles. The zero-order valence-electron chi connectivity index (χ0n) is 9.83. The SMILES string of the molecule is Cc1ccc(C(CN)CC(C)O)c(C)c1. The van der Waals surface area contributed by atoms with Gasteiger partial charge in [-0.25, -0.2) is 0 Å². The number of aliphatic hydroxyl groups excluding tert-OH is 1. The molecule has 1 aromatic carbocycles. The number of aliphatic hydroxyl groups is 1. The highest BCUT2D eigenvalue weighted by atomic mass is 16.3. The van der Waals surface area contributed by atoms with Crippen molar-refractivity contribution >= 4 is 0 Å². The second-order valence-electron chi connectivity index (χ2n) is 4.38. The van der Waals surface area contributed by atoms with Crippen molar-refractivity contribution in [1.82, 2.24) is 0 Å². The fourth-order valence-electron chi connectivity index (χ4n) is 2.05. The molecule has 0 aliphatic rings. The molecule has 0 radical (unpaired) electrons. The fraction of sp³-hybridized carbons (Fsp3) is 0.538. The van der Waals surface area contributed by atoms with Crippen LogP contribution in [0.1, 0.15) is 36.0 Å². The minimum atomic E-state index is -0.292. The Balaban J connectivity index is 2.91. The van der Waals surface area contributed by atoms with Crippen LogP contribution >= 0.6 is 0 Å². The minimum Gasteiger partial charge on any atom is -0.393 e. The van der Waals surface area contributed by atoms with Crippen molar-refractivity contribution in [2.24, 2.45) is 5.73 Å². The van der Waals surface area contributed by atoms with Crippen molar-refractivity contribution < 1.29 is 5.11 Å².